The molecule has 3 rings (SSSR count). The number of hydrogen-bond acceptors (Lipinski definition) is 0. The Labute approximate surface area is 123 Å². The molecule has 0 spiro atoms. The fraction of sp³-hybridized carbons (Fsp3) is 0.222. The number of allylic oxidation sites excluding steroid dienone is 2. The van der Waals surface area contributed by atoms with Gasteiger partial charge < -0.3 is 0 Å². The third-order valence-corrected chi connectivity index (χ3v) is 7.58. The molecule has 0 atom stereocenters. The van der Waals surface area contributed by atoms with E-state index in [4.69, 9.17) is 7.57 Å². The average Bonchev–Trinajstić information content (AvgIpc) is 2.56. The summed E-state index contributed by atoms with van der Waals surface area (Å²) < 4.78 is 0. The average molecular weight is 277 g/mol. The summed E-state index contributed by atoms with van der Waals surface area (Å²) in [6.07, 6.45) is 7.29. The molecule has 98 valence electrons. The van der Waals surface area contributed by atoms with Gasteiger partial charge in [0.25, 0.3) is 0 Å². The van der Waals surface area contributed by atoms with Crippen molar-refractivity contribution >= 4 is 25.3 Å². The lowest BCUT2D eigenvalue weighted by atomic mass is 10.1. The molecule has 20 heavy (non-hydrogen) atoms. The van der Waals surface area contributed by atoms with Crippen molar-refractivity contribution in [3.8, 4) is 0 Å². The highest BCUT2D eigenvalue weighted by molar-refractivity contribution is 8.11. The van der Waals surface area contributed by atoms with Crippen LogP contribution in [0.1, 0.15) is 25.7 Å². The maximum absolute atomic E-state index is 7.06. The largest absolute Gasteiger partial charge is 0.383 e. The summed E-state index contributed by atoms with van der Waals surface area (Å²) in [5.41, 5.74) is 0. The van der Waals surface area contributed by atoms with E-state index in [1.165, 1.54) is 35.2 Å². The van der Waals surface area contributed by atoms with E-state index >= 15 is 0 Å². The summed E-state index contributed by atoms with van der Waals surface area (Å²) in [4.78, 5) is 0. The second kappa shape index (κ2) is 5.98. The first-order valence-electron chi connectivity index (χ1n) is 7.30. The van der Waals surface area contributed by atoms with Crippen LogP contribution in [0.15, 0.2) is 72.1 Å². The van der Waals surface area contributed by atoms with Gasteiger partial charge in [0, 0.05) is 6.42 Å². The SMILES string of the molecule is [B][P+](C1=CCCCC1)(c1ccccc1)c1ccccc1. The highest BCUT2D eigenvalue weighted by atomic mass is 31.2. The van der Waals surface area contributed by atoms with Gasteiger partial charge in [-0.25, -0.2) is 0 Å². The van der Waals surface area contributed by atoms with Gasteiger partial charge in [-0.2, -0.15) is 0 Å². The zero-order valence-electron chi connectivity index (χ0n) is 11.7. The van der Waals surface area contributed by atoms with Gasteiger partial charge in [0.2, 0.25) is 0 Å². The molecule has 1 aliphatic rings. The van der Waals surface area contributed by atoms with Crippen molar-refractivity contribution in [1.82, 2.24) is 0 Å². The fourth-order valence-electron chi connectivity index (χ4n) is 2.95. The van der Waals surface area contributed by atoms with Crippen LogP contribution in [0.2, 0.25) is 0 Å². The van der Waals surface area contributed by atoms with Crippen LogP contribution in [-0.2, 0) is 0 Å². The third kappa shape index (κ3) is 2.48. The summed E-state index contributed by atoms with van der Waals surface area (Å²) in [7, 11) is 5.17. The van der Waals surface area contributed by atoms with Crippen molar-refractivity contribution in [2.45, 2.75) is 25.7 Å². The minimum atomic E-state index is -1.89. The Morgan fingerprint density at radius 3 is 1.75 bits per heavy atom. The van der Waals surface area contributed by atoms with Crippen LogP contribution in [0.25, 0.3) is 0 Å². The summed E-state index contributed by atoms with van der Waals surface area (Å²) in [6.45, 7) is 0. The molecule has 0 amide bonds. The van der Waals surface area contributed by atoms with E-state index in [0.29, 0.717) is 0 Å². The van der Waals surface area contributed by atoms with Crippen molar-refractivity contribution in [2.24, 2.45) is 0 Å². The molecule has 2 aromatic carbocycles. The van der Waals surface area contributed by atoms with Crippen molar-refractivity contribution in [3.05, 3.63) is 72.1 Å². The van der Waals surface area contributed by atoms with Gasteiger partial charge in [-0.3, -0.25) is 0 Å². The predicted octanol–water partition coefficient (Wildman–Crippen LogP) is 4.20. The van der Waals surface area contributed by atoms with Crippen LogP contribution in [0, 0.1) is 0 Å². The minimum Gasteiger partial charge on any atom is -0.0620 e. The van der Waals surface area contributed by atoms with Crippen molar-refractivity contribution in [1.29, 1.82) is 0 Å². The molecule has 0 heterocycles. The zero-order valence-corrected chi connectivity index (χ0v) is 12.6. The normalized spacial score (nSPS) is 15.7. The summed E-state index contributed by atoms with van der Waals surface area (Å²) in [5.74, 6) is 0. The van der Waals surface area contributed by atoms with Crippen molar-refractivity contribution in [2.75, 3.05) is 0 Å². The molecule has 0 aromatic heterocycles. The molecule has 0 fully saturated rings. The quantitative estimate of drug-likeness (QED) is 0.582. The maximum Gasteiger partial charge on any atom is 0.383 e. The molecule has 0 nitrogen and oxygen atoms in total. The molecule has 0 N–H and O–H groups in total. The molecule has 0 saturated heterocycles. The Morgan fingerprint density at radius 2 is 1.30 bits per heavy atom. The molecule has 0 unspecified atom stereocenters. The van der Waals surface area contributed by atoms with Gasteiger partial charge in [-0.1, -0.05) is 36.4 Å². The molecule has 1 aliphatic carbocycles. The standard InChI is InChI=1S/C18H19BP/c19-20(16-10-4-1-5-11-16,17-12-6-2-7-13-17)18-14-8-3-9-15-18/h1-2,4-7,10-14H,3,8-9,15H2/q+1. The lowest BCUT2D eigenvalue weighted by Crippen LogP contribution is -2.24. The molecule has 0 aliphatic heterocycles. The Morgan fingerprint density at radius 1 is 0.750 bits per heavy atom. The first-order chi connectivity index (χ1) is 9.82. The monoisotopic (exact) mass is 277 g/mol. The van der Waals surface area contributed by atoms with E-state index in [1.807, 2.05) is 0 Å². The van der Waals surface area contributed by atoms with Crippen LogP contribution in [0.3, 0.4) is 0 Å². The topological polar surface area (TPSA) is 0 Å². The Kier molecular flexibility index (Phi) is 4.08. The Bertz CT molecular complexity index is 550. The minimum absolute atomic E-state index is 1.15. The van der Waals surface area contributed by atoms with E-state index in [9.17, 15) is 0 Å². The summed E-state index contributed by atoms with van der Waals surface area (Å²) in [6, 6.07) is 21.3. The van der Waals surface area contributed by atoms with Crippen LogP contribution < -0.4 is 10.6 Å². The summed E-state index contributed by atoms with van der Waals surface area (Å²) in [5, 5.41) is 4.06. The number of hydrogen-bond donors (Lipinski definition) is 0. The van der Waals surface area contributed by atoms with Gasteiger partial charge in [0.1, 0.15) is 0 Å². The van der Waals surface area contributed by atoms with Gasteiger partial charge in [-0.15, -0.1) is 0 Å². The Hall–Kier alpha value is -1.33. The lowest BCUT2D eigenvalue weighted by Gasteiger charge is -2.28. The number of rotatable bonds is 3. The third-order valence-electron chi connectivity index (χ3n) is 4.05. The van der Waals surface area contributed by atoms with E-state index < -0.39 is 7.14 Å². The first kappa shape index (κ1) is 13.6. The van der Waals surface area contributed by atoms with Gasteiger partial charge >= 0.3 is 7.57 Å². The van der Waals surface area contributed by atoms with Gasteiger partial charge in [-0.05, 0) is 49.6 Å². The van der Waals surface area contributed by atoms with Crippen LogP contribution >= 0.6 is 7.14 Å². The van der Waals surface area contributed by atoms with Crippen LogP contribution in [0.5, 0.6) is 0 Å². The van der Waals surface area contributed by atoms with E-state index in [0.717, 1.165) is 6.42 Å². The van der Waals surface area contributed by atoms with Crippen molar-refractivity contribution in [3.63, 3.8) is 0 Å². The zero-order chi connectivity index (χ0) is 13.8. The predicted molar refractivity (Wildman–Crippen MR) is 91.4 cm³/mol. The van der Waals surface area contributed by atoms with Gasteiger partial charge in [0.15, 0.2) is 0 Å². The smallest absolute Gasteiger partial charge is 0.0620 e. The van der Waals surface area contributed by atoms with Crippen LogP contribution in [-0.4, -0.2) is 7.57 Å². The molecular formula is C18H19BP+. The Balaban J connectivity index is 2.15. The highest BCUT2D eigenvalue weighted by Gasteiger charge is 2.41. The highest BCUT2D eigenvalue weighted by Crippen LogP contribution is 2.61. The molecule has 2 radical (unpaired) electrons. The second-order valence-electron chi connectivity index (χ2n) is 5.34. The molecule has 2 heteroatoms. The maximum atomic E-state index is 7.06. The summed E-state index contributed by atoms with van der Waals surface area (Å²) >= 11 is 0. The van der Waals surface area contributed by atoms with E-state index in [1.54, 1.807) is 0 Å². The van der Waals surface area contributed by atoms with Gasteiger partial charge in [0.05, 0.1) is 23.1 Å². The first-order valence-corrected chi connectivity index (χ1v) is 9.16. The van der Waals surface area contributed by atoms with Crippen LogP contribution in [0.4, 0.5) is 0 Å². The van der Waals surface area contributed by atoms with E-state index in [2.05, 4.69) is 66.7 Å². The lowest BCUT2D eigenvalue weighted by molar-refractivity contribution is 0.722. The molecular weight excluding hydrogens is 258 g/mol. The molecule has 2 aromatic rings. The van der Waals surface area contributed by atoms with Crippen molar-refractivity contribution < 1.29 is 0 Å². The number of benzene rings is 2. The molecule has 0 bridgehead atoms. The fourth-order valence-corrected chi connectivity index (χ4v) is 6.12. The second-order valence-corrected chi connectivity index (χ2v) is 8.39. The molecule has 0 saturated carbocycles. The van der Waals surface area contributed by atoms with E-state index in [-0.39, 0.29) is 0 Å².